The first-order valence-electron chi connectivity index (χ1n) is 15.7. The van der Waals surface area contributed by atoms with Crippen LogP contribution in [-0.2, 0) is 9.47 Å². The Hall–Kier alpha value is -1.06. The van der Waals surface area contributed by atoms with Crippen molar-refractivity contribution in [2.24, 2.45) is 17.8 Å². The molecule has 1 saturated carbocycles. The van der Waals surface area contributed by atoms with Gasteiger partial charge in [0.2, 0.25) is 0 Å². The van der Waals surface area contributed by atoms with Crippen molar-refractivity contribution in [3.8, 4) is 5.75 Å². The van der Waals surface area contributed by atoms with Crippen LogP contribution in [0.25, 0.3) is 0 Å². The molecule has 206 valence electrons. The monoisotopic (exact) mass is 500 g/mol. The standard InChI is InChI=1S/C33H56O3/c1-3-5-7-9-11-14-28-17-19-29(20-18-28)16-13-25-34-32-23-21-31(22-24-32)33-35-26-30(27-36-33)15-12-10-8-6-4-2/h21-24,28-30,33H,3-20,25-27H2,1-2H3. The van der Waals surface area contributed by atoms with Gasteiger partial charge >= 0.3 is 0 Å². The van der Waals surface area contributed by atoms with Gasteiger partial charge in [-0.15, -0.1) is 0 Å². The summed E-state index contributed by atoms with van der Waals surface area (Å²) in [4.78, 5) is 0. The van der Waals surface area contributed by atoms with Gasteiger partial charge in [-0.3, -0.25) is 0 Å². The number of hydrogen-bond acceptors (Lipinski definition) is 3. The molecule has 1 heterocycles. The lowest BCUT2D eigenvalue weighted by atomic mass is 9.78. The molecule has 0 spiro atoms. The Morgan fingerprint density at radius 3 is 1.67 bits per heavy atom. The molecule has 1 aromatic rings. The average molecular weight is 501 g/mol. The van der Waals surface area contributed by atoms with E-state index in [4.69, 9.17) is 14.2 Å². The first-order chi connectivity index (χ1) is 17.8. The molecule has 0 N–H and O–H groups in total. The minimum Gasteiger partial charge on any atom is -0.494 e. The molecule has 1 aliphatic carbocycles. The van der Waals surface area contributed by atoms with Gasteiger partial charge in [-0.2, -0.15) is 0 Å². The quantitative estimate of drug-likeness (QED) is 0.188. The molecule has 2 aliphatic rings. The van der Waals surface area contributed by atoms with E-state index >= 15 is 0 Å². The highest BCUT2D eigenvalue weighted by molar-refractivity contribution is 5.28. The van der Waals surface area contributed by atoms with E-state index in [1.54, 1.807) is 0 Å². The predicted octanol–water partition coefficient (Wildman–Crippen LogP) is 10.0. The molecule has 0 radical (unpaired) electrons. The third-order valence-corrected chi connectivity index (χ3v) is 8.54. The Morgan fingerprint density at radius 1 is 0.611 bits per heavy atom. The van der Waals surface area contributed by atoms with Crippen LogP contribution in [0, 0.1) is 17.8 Å². The Labute approximate surface area is 223 Å². The molecule has 2 fully saturated rings. The molecule has 36 heavy (non-hydrogen) atoms. The van der Waals surface area contributed by atoms with E-state index in [2.05, 4.69) is 38.1 Å². The summed E-state index contributed by atoms with van der Waals surface area (Å²) >= 11 is 0. The first-order valence-corrected chi connectivity index (χ1v) is 15.7. The topological polar surface area (TPSA) is 27.7 Å². The molecule has 0 unspecified atom stereocenters. The minimum absolute atomic E-state index is 0.221. The lowest BCUT2D eigenvalue weighted by molar-refractivity contribution is -0.206. The lowest BCUT2D eigenvalue weighted by Crippen LogP contribution is -2.27. The van der Waals surface area contributed by atoms with Crippen molar-refractivity contribution in [2.45, 2.75) is 136 Å². The van der Waals surface area contributed by atoms with Gasteiger partial charge in [-0.05, 0) is 43.2 Å². The second-order valence-electron chi connectivity index (χ2n) is 11.7. The highest BCUT2D eigenvalue weighted by atomic mass is 16.7. The van der Waals surface area contributed by atoms with Crippen LogP contribution in [0.1, 0.15) is 141 Å². The summed E-state index contributed by atoms with van der Waals surface area (Å²) in [5.41, 5.74) is 1.10. The molecule has 0 amide bonds. The fourth-order valence-electron chi connectivity index (χ4n) is 6.07. The van der Waals surface area contributed by atoms with Crippen LogP contribution < -0.4 is 4.74 Å². The van der Waals surface area contributed by atoms with E-state index in [0.29, 0.717) is 5.92 Å². The summed E-state index contributed by atoms with van der Waals surface area (Å²) in [5.74, 6) is 3.45. The van der Waals surface area contributed by atoms with Gasteiger partial charge in [0.15, 0.2) is 6.29 Å². The Morgan fingerprint density at radius 2 is 1.11 bits per heavy atom. The van der Waals surface area contributed by atoms with Crippen LogP contribution in [-0.4, -0.2) is 19.8 Å². The molecule has 3 nitrogen and oxygen atoms in total. The molecule has 0 aromatic heterocycles. The van der Waals surface area contributed by atoms with Gasteiger partial charge in [0.1, 0.15) is 5.75 Å². The second-order valence-corrected chi connectivity index (χ2v) is 11.7. The van der Waals surface area contributed by atoms with E-state index in [1.807, 2.05) is 0 Å². The van der Waals surface area contributed by atoms with Crippen LogP contribution in [0.5, 0.6) is 5.75 Å². The van der Waals surface area contributed by atoms with Crippen molar-refractivity contribution in [1.82, 2.24) is 0 Å². The summed E-state index contributed by atoms with van der Waals surface area (Å²) in [6, 6.07) is 8.37. The van der Waals surface area contributed by atoms with Gasteiger partial charge in [0.05, 0.1) is 19.8 Å². The van der Waals surface area contributed by atoms with E-state index < -0.39 is 0 Å². The van der Waals surface area contributed by atoms with Crippen molar-refractivity contribution in [3.05, 3.63) is 29.8 Å². The molecule has 3 heteroatoms. The number of ether oxygens (including phenoxy) is 3. The number of rotatable bonds is 18. The molecule has 1 aromatic carbocycles. The maximum atomic E-state index is 6.05. The lowest BCUT2D eigenvalue weighted by Gasteiger charge is -2.29. The number of hydrogen-bond donors (Lipinski definition) is 0. The van der Waals surface area contributed by atoms with Gasteiger partial charge in [0.25, 0.3) is 0 Å². The Balaban J connectivity index is 1.21. The van der Waals surface area contributed by atoms with Crippen molar-refractivity contribution in [1.29, 1.82) is 0 Å². The van der Waals surface area contributed by atoms with Crippen LogP contribution in [0.2, 0.25) is 0 Å². The first kappa shape index (κ1) is 29.5. The fraction of sp³-hybridized carbons (Fsp3) is 0.818. The van der Waals surface area contributed by atoms with Crippen LogP contribution >= 0.6 is 0 Å². The van der Waals surface area contributed by atoms with Crippen molar-refractivity contribution in [3.63, 3.8) is 0 Å². The second kappa shape index (κ2) is 18.2. The van der Waals surface area contributed by atoms with E-state index in [-0.39, 0.29) is 6.29 Å². The van der Waals surface area contributed by atoms with E-state index in [0.717, 1.165) is 43.0 Å². The zero-order valence-corrected chi connectivity index (χ0v) is 23.7. The maximum absolute atomic E-state index is 6.05. The van der Waals surface area contributed by atoms with Gasteiger partial charge < -0.3 is 14.2 Å². The normalized spacial score (nSPS) is 24.6. The zero-order chi connectivity index (χ0) is 25.3. The molecule has 3 rings (SSSR count). The SMILES string of the molecule is CCCCCCCC1CCC(CCCOc2ccc(C3OCC(CCCCCCC)CO3)cc2)CC1. The Bertz CT molecular complexity index is 641. The minimum atomic E-state index is -0.221. The van der Waals surface area contributed by atoms with Gasteiger partial charge in [0, 0.05) is 11.5 Å². The van der Waals surface area contributed by atoms with Crippen molar-refractivity contribution >= 4 is 0 Å². The highest BCUT2D eigenvalue weighted by Gasteiger charge is 2.23. The fourth-order valence-corrected chi connectivity index (χ4v) is 6.07. The molecule has 1 aliphatic heterocycles. The van der Waals surface area contributed by atoms with Crippen LogP contribution in [0.4, 0.5) is 0 Å². The third-order valence-electron chi connectivity index (χ3n) is 8.54. The molecular formula is C33H56O3. The number of benzene rings is 1. The molecular weight excluding hydrogens is 444 g/mol. The molecule has 0 atom stereocenters. The van der Waals surface area contributed by atoms with Gasteiger partial charge in [-0.25, -0.2) is 0 Å². The predicted molar refractivity (Wildman–Crippen MR) is 152 cm³/mol. The summed E-state index contributed by atoms with van der Waals surface area (Å²) < 4.78 is 18.1. The summed E-state index contributed by atoms with van der Waals surface area (Å²) in [6.07, 6.45) is 24.6. The highest BCUT2D eigenvalue weighted by Crippen LogP contribution is 2.34. The van der Waals surface area contributed by atoms with Crippen LogP contribution in [0.15, 0.2) is 24.3 Å². The van der Waals surface area contributed by atoms with E-state index in [1.165, 1.54) is 116 Å². The molecule has 1 saturated heterocycles. The summed E-state index contributed by atoms with van der Waals surface area (Å²) in [6.45, 7) is 7.03. The Kier molecular flexibility index (Phi) is 14.9. The van der Waals surface area contributed by atoms with Crippen LogP contribution in [0.3, 0.4) is 0 Å². The smallest absolute Gasteiger partial charge is 0.183 e. The number of unbranched alkanes of at least 4 members (excludes halogenated alkanes) is 8. The largest absolute Gasteiger partial charge is 0.494 e. The zero-order valence-electron chi connectivity index (χ0n) is 23.7. The average Bonchev–Trinajstić information content (AvgIpc) is 2.92. The third kappa shape index (κ3) is 11.5. The maximum Gasteiger partial charge on any atom is 0.183 e. The van der Waals surface area contributed by atoms with E-state index in [9.17, 15) is 0 Å². The van der Waals surface area contributed by atoms with Gasteiger partial charge in [-0.1, -0.05) is 122 Å². The van der Waals surface area contributed by atoms with Crippen molar-refractivity contribution < 1.29 is 14.2 Å². The molecule has 0 bridgehead atoms. The summed E-state index contributed by atoms with van der Waals surface area (Å²) in [7, 11) is 0. The van der Waals surface area contributed by atoms with Crippen molar-refractivity contribution in [2.75, 3.05) is 19.8 Å². The summed E-state index contributed by atoms with van der Waals surface area (Å²) in [5, 5.41) is 0.